The molecule has 6 nitrogen and oxygen atoms in total. The van der Waals surface area contributed by atoms with Crippen LogP contribution in [0.1, 0.15) is 18.4 Å². The first-order valence-electron chi connectivity index (χ1n) is 7.05. The van der Waals surface area contributed by atoms with Crippen LogP contribution in [0, 0.1) is 10.1 Å². The van der Waals surface area contributed by atoms with Crippen molar-refractivity contribution in [3.63, 3.8) is 0 Å². The highest BCUT2D eigenvalue weighted by molar-refractivity contribution is 5.63. The third-order valence-corrected chi connectivity index (χ3v) is 3.62. The number of nitro benzene ring substituents is 1. The Labute approximate surface area is 130 Å². The van der Waals surface area contributed by atoms with Crippen LogP contribution in [-0.2, 0) is 15.7 Å². The monoisotopic (exact) mass is 334 g/mol. The molecule has 1 fully saturated rings. The second kappa shape index (κ2) is 7.14. The fraction of sp³-hybridized carbons (Fsp3) is 0.571. The van der Waals surface area contributed by atoms with Crippen LogP contribution in [0.15, 0.2) is 18.2 Å². The fourth-order valence-corrected chi connectivity index (χ4v) is 2.52. The van der Waals surface area contributed by atoms with Crippen molar-refractivity contribution >= 4 is 11.4 Å². The average molecular weight is 334 g/mol. The molecule has 1 aliphatic heterocycles. The Morgan fingerprint density at radius 1 is 1.52 bits per heavy atom. The molecule has 2 unspecified atom stereocenters. The van der Waals surface area contributed by atoms with Gasteiger partial charge >= 0.3 is 6.18 Å². The van der Waals surface area contributed by atoms with E-state index in [9.17, 15) is 23.3 Å². The summed E-state index contributed by atoms with van der Waals surface area (Å²) in [5.74, 6) is 0. The summed E-state index contributed by atoms with van der Waals surface area (Å²) >= 11 is 0. The van der Waals surface area contributed by atoms with Crippen LogP contribution in [-0.4, -0.2) is 37.4 Å². The van der Waals surface area contributed by atoms with Crippen molar-refractivity contribution in [3.05, 3.63) is 33.9 Å². The lowest BCUT2D eigenvalue weighted by molar-refractivity contribution is -0.384. The Balaban J connectivity index is 2.27. The van der Waals surface area contributed by atoms with E-state index in [1.54, 1.807) is 0 Å². The molecule has 0 saturated carbocycles. The van der Waals surface area contributed by atoms with Gasteiger partial charge in [-0.2, -0.15) is 13.2 Å². The number of hydrogen-bond acceptors (Lipinski definition) is 5. The molecular weight excluding hydrogens is 317 g/mol. The number of halogens is 3. The van der Waals surface area contributed by atoms with E-state index >= 15 is 0 Å². The first-order valence-corrected chi connectivity index (χ1v) is 7.05. The van der Waals surface area contributed by atoms with Crippen molar-refractivity contribution in [2.45, 2.75) is 31.2 Å². The minimum Gasteiger partial charge on any atom is -0.382 e. The molecule has 0 aliphatic carbocycles. The molecule has 128 valence electrons. The zero-order chi connectivity index (χ0) is 17.0. The molecule has 0 spiro atoms. The van der Waals surface area contributed by atoms with E-state index in [1.807, 2.05) is 0 Å². The van der Waals surface area contributed by atoms with Gasteiger partial charge in [-0.15, -0.1) is 0 Å². The zero-order valence-electron chi connectivity index (χ0n) is 12.4. The first kappa shape index (κ1) is 17.5. The molecule has 1 saturated heterocycles. The molecule has 1 aliphatic rings. The predicted molar refractivity (Wildman–Crippen MR) is 76.4 cm³/mol. The normalized spacial score (nSPS) is 19.6. The van der Waals surface area contributed by atoms with Crippen molar-refractivity contribution in [2.75, 3.05) is 25.6 Å². The lowest BCUT2D eigenvalue weighted by atomic mass is 10.1. The lowest BCUT2D eigenvalue weighted by Crippen LogP contribution is -2.37. The quantitative estimate of drug-likeness (QED) is 0.639. The lowest BCUT2D eigenvalue weighted by Gasteiger charge is -2.24. The number of ether oxygens (including phenoxy) is 2. The molecule has 2 rings (SSSR count). The van der Waals surface area contributed by atoms with Gasteiger partial charge in [0.2, 0.25) is 0 Å². The number of alkyl halides is 3. The predicted octanol–water partition coefficient (Wildman–Crippen LogP) is 3.22. The van der Waals surface area contributed by atoms with Gasteiger partial charge in [0.25, 0.3) is 5.69 Å². The highest BCUT2D eigenvalue weighted by Crippen LogP contribution is 2.35. The van der Waals surface area contributed by atoms with Crippen LogP contribution in [0.25, 0.3) is 0 Å². The number of anilines is 1. The van der Waals surface area contributed by atoms with E-state index < -0.39 is 22.4 Å². The minimum absolute atomic E-state index is 0.0144. The van der Waals surface area contributed by atoms with E-state index in [0.717, 1.165) is 25.0 Å². The van der Waals surface area contributed by atoms with Crippen LogP contribution in [0.5, 0.6) is 0 Å². The zero-order valence-corrected chi connectivity index (χ0v) is 12.4. The highest BCUT2D eigenvalue weighted by atomic mass is 19.4. The molecule has 0 aromatic heterocycles. The molecular formula is C14H17F3N2O4. The minimum atomic E-state index is -4.64. The number of hydrogen-bond donors (Lipinski definition) is 1. The number of nitro groups is 1. The Morgan fingerprint density at radius 2 is 2.26 bits per heavy atom. The summed E-state index contributed by atoms with van der Waals surface area (Å²) < 4.78 is 48.7. The van der Waals surface area contributed by atoms with Gasteiger partial charge in [0.1, 0.15) is 5.69 Å². The summed E-state index contributed by atoms with van der Waals surface area (Å²) in [6.07, 6.45) is -3.21. The van der Waals surface area contributed by atoms with E-state index in [0.29, 0.717) is 12.7 Å². The highest BCUT2D eigenvalue weighted by Gasteiger charge is 2.34. The Kier molecular flexibility index (Phi) is 5.42. The SMILES string of the molecule is COCC(Nc1ccc(C(F)(F)F)cc1[N+](=O)[O-])C1CCCO1. The Hall–Kier alpha value is -1.87. The van der Waals surface area contributed by atoms with Crippen molar-refractivity contribution in [1.29, 1.82) is 0 Å². The van der Waals surface area contributed by atoms with Gasteiger partial charge in [0.15, 0.2) is 0 Å². The molecule has 1 heterocycles. The third kappa shape index (κ3) is 4.32. The van der Waals surface area contributed by atoms with E-state index in [1.165, 1.54) is 7.11 Å². The van der Waals surface area contributed by atoms with Gasteiger partial charge in [0, 0.05) is 19.8 Å². The van der Waals surface area contributed by atoms with Crippen molar-refractivity contribution in [1.82, 2.24) is 0 Å². The molecule has 0 amide bonds. The van der Waals surface area contributed by atoms with E-state index in [-0.39, 0.29) is 24.4 Å². The molecule has 1 aromatic rings. The van der Waals surface area contributed by atoms with Crippen LogP contribution < -0.4 is 5.32 Å². The Morgan fingerprint density at radius 3 is 2.78 bits per heavy atom. The average Bonchev–Trinajstić information content (AvgIpc) is 2.99. The number of methoxy groups -OCH3 is 1. The number of rotatable bonds is 6. The van der Waals surface area contributed by atoms with Gasteiger partial charge in [0.05, 0.1) is 29.2 Å². The maximum atomic E-state index is 12.7. The molecule has 0 bridgehead atoms. The summed E-state index contributed by atoms with van der Waals surface area (Å²) in [4.78, 5) is 10.3. The topological polar surface area (TPSA) is 73.6 Å². The Bertz CT molecular complexity index is 559. The number of nitrogens with zero attached hydrogens (tertiary/aromatic N) is 1. The summed E-state index contributed by atoms with van der Waals surface area (Å²) in [6.45, 7) is 0.810. The number of benzene rings is 1. The van der Waals surface area contributed by atoms with Crippen LogP contribution >= 0.6 is 0 Å². The first-order chi connectivity index (χ1) is 10.8. The van der Waals surface area contributed by atoms with Crippen molar-refractivity contribution < 1.29 is 27.6 Å². The van der Waals surface area contributed by atoms with Gasteiger partial charge in [-0.25, -0.2) is 0 Å². The third-order valence-electron chi connectivity index (χ3n) is 3.62. The fourth-order valence-electron chi connectivity index (χ4n) is 2.52. The summed E-state index contributed by atoms with van der Waals surface area (Å²) in [5, 5.41) is 14.0. The van der Waals surface area contributed by atoms with Gasteiger partial charge in [-0.3, -0.25) is 10.1 Å². The van der Waals surface area contributed by atoms with E-state index in [4.69, 9.17) is 9.47 Å². The smallest absolute Gasteiger partial charge is 0.382 e. The summed E-state index contributed by atoms with van der Waals surface area (Å²) in [7, 11) is 1.48. The van der Waals surface area contributed by atoms with Crippen molar-refractivity contribution in [2.24, 2.45) is 0 Å². The van der Waals surface area contributed by atoms with Gasteiger partial charge in [-0.05, 0) is 25.0 Å². The molecule has 23 heavy (non-hydrogen) atoms. The van der Waals surface area contributed by atoms with Gasteiger partial charge in [-0.1, -0.05) is 0 Å². The summed E-state index contributed by atoms with van der Waals surface area (Å²) in [6, 6.07) is 2.03. The largest absolute Gasteiger partial charge is 0.416 e. The maximum absolute atomic E-state index is 12.7. The van der Waals surface area contributed by atoms with Crippen molar-refractivity contribution in [3.8, 4) is 0 Å². The van der Waals surface area contributed by atoms with Crippen LogP contribution in [0.2, 0.25) is 0 Å². The molecule has 2 atom stereocenters. The second-order valence-corrected chi connectivity index (χ2v) is 5.24. The maximum Gasteiger partial charge on any atom is 0.416 e. The van der Waals surface area contributed by atoms with E-state index in [2.05, 4.69) is 5.32 Å². The molecule has 0 radical (unpaired) electrons. The van der Waals surface area contributed by atoms with Crippen LogP contribution in [0.4, 0.5) is 24.5 Å². The molecule has 1 aromatic carbocycles. The summed E-state index contributed by atoms with van der Waals surface area (Å²) in [5.41, 5.74) is -1.67. The van der Waals surface area contributed by atoms with Crippen LogP contribution in [0.3, 0.4) is 0 Å². The van der Waals surface area contributed by atoms with Gasteiger partial charge < -0.3 is 14.8 Å². The molecule has 1 N–H and O–H groups in total. The molecule has 9 heteroatoms. The standard InChI is InChI=1S/C14H17F3N2O4/c1-22-8-11(13-3-2-6-23-13)18-10-5-4-9(14(15,16)17)7-12(10)19(20)21/h4-5,7,11,13,18H,2-3,6,8H2,1H3. The number of nitrogens with one attached hydrogen (secondary N) is 1. The second-order valence-electron chi connectivity index (χ2n) is 5.24.